The lowest BCUT2D eigenvalue weighted by Crippen LogP contribution is -2.66. The van der Waals surface area contributed by atoms with Gasteiger partial charge in [-0.2, -0.15) is 0 Å². The van der Waals surface area contributed by atoms with E-state index in [9.17, 15) is 24.3 Å². The minimum Gasteiger partial charge on any atom is -0.508 e. The van der Waals surface area contributed by atoms with Crippen LogP contribution in [0.5, 0.6) is 5.75 Å². The number of carbonyl (C=O) groups is 4. The molecule has 0 radical (unpaired) electrons. The van der Waals surface area contributed by atoms with Crippen molar-refractivity contribution in [1.29, 1.82) is 0 Å². The van der Waals surface area contributed by atoms with E-state index < -0.39 is 35.8 Å². The number of methoxy groups -OCH3 is 1. The van der Waals surface area contributed by atoms with Gasteiger partial charge < -0.3 is 14.7 Å². The van der Waals surface area contributed by atoms with Gasteiger partial charge in [-0.25, -0.2) is 4.79 Å². The molecule has 2 aliphatic rings. The number of esters is 1. The maximum atomic E-state index is 12.8. The molecule has 8 nitrogen and oxygen atoms in total. The molecule has 4 rings (SSSR count). The zero-order valence-electron chi connectivity index (χ0n) is 14.9. The highest BCUT2D eigenvalue weighted by Gasteiger charge is 2.53. The van der Waals surface area contributed by atoms with Crippen LogP contribution in [0.25, 0.3) is 0 Å². The van der Waals surface area contributed by atoms with Gasteiger partial charge in [0.1, 0.15) is 11.8 Å². The molecule has 0 bridgehead atoms. The Kier molecular flexibility index (Phi) is 4.11. The fourth-order valence-corrected chi connectivity index (χ4v) is 3.56. The molecule has 3 amide bonds. The summed E-state index contributed by atoms with van der Waals surface area (Å²) in [6.45, 7) is 0.0188. The fraction of sp³-hybridized carbons (Fsp3) is 0.200. The van der Waals surface area contributed by atoms with Crippen molar-refractivity contribution in [2.24, 2.45) is 0 Å². The molecule has 0 aliphatic carbocycles. The zero-order valence-corrected chi connectivity index (χ0v) is 14.9. The Morgan fingerprint density at radius 1 is 1.04 bits per heavy atom. The van der Waals surface area contributed by atoms with E-state index in [0.717, 1.165) is 4.90 Å². The molecule has 0 spiro atoms. The first-order valence-corrected chi connectivity index (χ1v) is 8.58. The summed E-state index contributed by atoms with van der Waals surface area (Å²) in [5.74, 6) is -2.18. The van der Waals surface area contributed by atoms with Crippen LogP contribution in [0, 0.1) is 0 Å². The molecule has 2 aliphatic heterocycles. The minimum absolute atomic E-state index is 0.0188. The van der Waals surface area contributed by atoms with Gasteiger partial charge in [-0.15, -0.1) is 0 Å². The molecule has 28 heavy (non-hydrogen) atoms. The van der Waals surface area contributed by atoms with Crippen LogP contribution in [0.2, 0.25) is 0 Å². The van der Waals surface area contributed by atoms with Gasteiger partial charge in [0, 0.05) is 0 Å². The number of amides is 3. The van der Waals surface area contributed by atoms with Gasteiger partial charge in [0.05, 0.1) is 24.8 Å². The van der Waals surface area contributed by atoms with Crippen LogP contribution in [0.3, 0.4) is 0 Å². The van der Waals surface area contributed by atoms with Crippen molar-refractivity contribution >= 4 is 23.7 Å². The molecule has 0 saturated carbocycles. The number of ether oxygens (including phenoxy) is 1. The number of benzene rings is 2. The number of nitrogens with zero attached hydrogens (tertiary/aromatic N) is 2. The summed E-state index contributed by atoms with van der Waals surface area (Å²) >= 11 is 0. The lowest BCUT2D eigenvalue weighted by atomic mass is 9.97. The fourth-order valence-electron chi connectivity index (χ4n) is 3.56. The van der Waals surface area contributed by atoms with Gasteiger partial charge in [-0.05, 0) is 29.8 Å². The number of phenolic OH excluding ortho intramolecular Hbond substituents is 1. The number of fused-ring (bicyclic) bond motifs is 1. The standard InChI is InChI=1S/C20H16N2O6/c1-28-20(27)16(11-6-8-12(23)9-7-11)21-10-15(19(21)26)22-17(24)13-4-2-3-5-14(13)18(22)25/h2-9,15-16,23H,10H2,1H3. The van der Waals surface area contributed by atoms with E-state index in [4.69, 9.17) is 4.74 Å². The van der Waals surface area contributed by atoms with Crippen LogP contribution in [0.4, 0.5) is 0 Å². The molecule has 1 saturated heterocycles. The summed E-state index contributed by atoms with van der Waals surface area (Å²) in [5, 5.41) is 9.45. The van der Waals surface area contributed by atoms with Gasteiger partial charge in [-0.3, -0.25) is 19.3 Å². The summed E-state index contributed by atoms with van der Waals surface area (Å²) in [4.78, 5) is 52.5. The first kappa shape index (κ1) is 17.7. The van der Waals surface area contributed by atoms with E-state index >= 15 is 0 Å². The number of β-lactam (4-membered cyclic amide) rings is 1. The van der Waals surface area contributed by atoms with Crippen molar-refractivity contribution in [3.05, 3.63) is 65.2 Å². The van der Waals surface area contributed by atoms with Gasteiger partial charge >= 0.3 is 5.97 Å². The molecule has 2 heterocycles. The monoisotopic (exact) mass is 380 g/mol. The third-order valence-corrected chi connectivity index (χ3v) is 5.02. The Hall–Kier alpha value is -3.68. The van der Waals surface area contributed by atoms with E-state index in [1.54, 1.807) is 24.3 Å². The highest BCUT2D eigenvalue weighted by molar-refractivity contribution is 6.23. The Labute approximate surface area is 159 Å². The molecule has 2 aromatic rings. The van der Waals surface area contributed by atoms with Crippen molar-refractivity contribution < 1.29 is 29.0 Å². The number of imide groups is 1. The SMILES string of the molecule is COC(=O)C(c1ccc(O)cc1)N1CC(N2C(=O)c3ccccc3C2=O)C1=O. The van der Waals surface area contributed by atoms with E-state index in [0.29, 0.717) is 5.56 Å². The summed E-state index contributed by atoms with van der Waals surface area (Å²) in [6.07, 6.45) is 0. The number of hydrogen-bond donors (Lipinski definition) is 1. The minimum atomic E-state index is -1.02. The quantitative estimate of drug-likeness (QED) is 0.484. The smallest absolute Gasteiger partial charge is 0.333 e. The summed E-state index contributed by atoms with van der Waals surface area (Å²) in [7, 11) is 1.21. The molecule has 8 heteroatoms. The Morgan fingerprint density at radius 3 is 2.11 bits per heavy atom. The average Bonchev–Trinajstić information content (AvgIpc) is 2.96. The highest BCUT2D eigenvalue weighted by atomic mass is 16.5. The van der Waals surface area contributed by atoms with Gasteiger partial charge in [0.25, 0.3) is 11.8 Å². The first-order valence-electron chi connectivity index (χ1n) is 8.58. The van der Waals surface area contributed by atoms with Crippen LogP contribution >= 0.6 is 0 Å². The maximum absolute atomic E-state index is 12.8. The van der Waals surface area contributed by atoms with Crippen molar-refractivity contribution in [3.8, 4) is 5.75 Å². The highest BCUT2D eigenvalue weighted by Crippen LogP contribution is 2.34. The van der Waals surface area contributed by atoms with Crippen molar-refractivity contribution in [1.82, 2.24) is 9.80 Å². The lowest BCUT2D eigenvalue weighted by Gasteiger charge is -2.45. The zero-order chi connectivity index (χ0) is 20.0. The number of phenols is 1. The van der Waals surface area contributed by atoms with Crippen LogP contribution in [-0.4, -0.2) is 58.3 Å². The molecule has 0 aromatic heterocycles. The third kappa shape index (κ3) is 2.53. The van der Waals surface area contributed by atoms with Gasteiger partial charge in [-0.1, -0.05) is 24.3 Å². The van der Waals surface area contributed by atoms with Gasteiger partial charge in [0.15, 0.2) is 6.04 Å². The predicted molar refractivity (Wildman–Crippen MR) is 95.3 cm³/mol. The number of rotatable bonds is 4. The first-order chi connectivity index (χ1) is 13.4. The van der Waals surface area contributed by atoms with E-state index in [1.807, 2.05) is 0 Å². The van der Waals surface area contributed by atoms with Crippen molar-refractivity contribution in [3.63, 3.8) is 0 Å². The largest absolute Gasteiger partial charge is 0.508 e. The normalized spacial score (nSPS) is 19.3. The third-order valence-electron chi connectivity index (χ3n) is 5.02. The number of hydrogen-bond acceptors (Lipinski definition) is 6. The van der Waals surface area contributed by atoms with Crippen molar-refractivity contribution in [2.75, 3.05) is 13.7 Å². The second-order valence-electron chi connectivity index (χ2n) is 6.55. The molecule has 2 atom stereocenters. The summed E-state index contributed by atoms with van der Waals surface area (Å²) < 4.78 is 4.81. The second-order valence-corrected chi connectivity index (χ2v) is 6.55. The van der Waals surface area contributed by atoms with Crippen LogP contribution < -0.4 is 0 Å². The maximum Gasteiger partial charge on any atom is 0.333 e. The Balaban J connectivity index is 1.59. The molecule has 2 aromatic carbocycles. The van der Waals surface area contributed by atoms with Crippen LogP contribution in [0.1, 0.15) is 32.3 Å². The predicted octanol–water partition coefficient (Wildman–Crippen LogP) is 1.11. The van der Waals surface area contributed by atoms with Crippen molar-refractivity contribution in [2.45, 2.75) is 12.1 Å². The van der Waals surface area contributed by atoms with E-state index in [1.165, 1.54) is 36.3 Å². The Morgan fingerprint density at radius 2 is 1.61 bits per heavy atom. The number of aromatic hydroxyl groups is 1. The Bertz CT molecular complexity index is 965. The number of carbonyl (C=O) groups excluding carboxylic acids is 4. The van der Waals surface area contributed by atoms with E-state index in [2.05, 4.69) is 0 Å². The molecule has 1 fully saturated rings. The summed E-state index contributed by atoms with van der Waals surface area (Å²) in [5.41, 5.74) is 0.988. The summed E-state index contributed by atoms with van der Waals surface area (Å²) in [6, 6.07) is 10.2. The molecule has 2 unspecified atom stereocenters. The van der Waals surface area contributed by atoms with Crippen LogP contribution in [-0.2, 0) is 14.3 Å². The van der Waals surface area contributed by atoms with Crippen LogP contribution in [0.15, 0.2) is 48.5 Å². The van der Waals surface area contributed by atoms with Gasteiger partial charge in [0.2, 0.25) is 5.91 Å². The topological polar surface area (TPSA) is 104 Å². The molecular weight excluding hydrogens is 364 g/mol. The molecule has 1 N–H and O–H groups in total. The lowest BCUT2D eigenvalue weighted by molar-refractivity contribution is -0.163. The van der Waals surface area contributed by atoms with E-state index in [-0.39, 0.29) is 23.4 Å². The number of likely N-dealkylation sites (tertiary alicyclic amines) is 1. The second kappa shape index (κ2) is 6.49. The average molecular weight is 380 g/mol. The molecular formula is C20H16N2O6. The molecule has 142 valence electrons.